The molecule has 1 saturated heterocycles. The molecule has 1 heterocycles. The molecule has 1 fully saturated rings. The van der Waals surface area contributed by atoms with Gasteiger partial charge in [-0.05, 0) is 24.3 Å². The van der Waals surface area contributed by atoms with Gasteiger partial charge in [-0.3, -0.25) is 9.59 Å². The first-order valence-corrected chi connectivity index (χ1v) is 9.23. The van der Waals surface area contributed by atoms with Gasteiger partial charge in [-0.1, -0.05) is 18.2 Å². The highest BCUT2D eigenvalue weighted by Crippen LogP contribution is 2.33. The fraction of sp³-hybridized carbons (Fsp3) is 0.333. The molecule has 0 radical (unpaired) electrons. The molecule has 0 N–H and O–H groups in total. The van der Waals surface area contributed by atoms with Gasteiger partial charge in [-0.25, -0.2) is 0 Å². The Bertz CT molecular complexity index is 916. The third-order valence-electron chi connectivity index (χ3n) is 4.96. The standard InChI is InChI=1S/C21H21F3N2O4/c1-29-16-8-5-9-17(30-2)18(16)20(28)26-12-10-25(11-13-26)19(27)14-6-3-4-7-15(14)21(22,23)24/h3-9H,10-13H2,1-2H3. The summed E-state index contributed by atoms with van der Waals surface area (Å²) in [5.74, 6) is -0.314. The summed E-state index contributed by atoms with van der Waals surface area (Å²) in [6.07, 6.45) is -4.62. The third-order valence-corrected chi connectivity index (χ3v) is 4.96. The van der Waals surface area contributed by atoms with Crippen molar-refractivity contribution in [2.24, 2.45) is 0 Å². The molecule has 6 nitrogen and oxygen atoms in total. The number of nitrogens with zero attached hydrogens (tertiary/aromatic N) is 2. The van der Waals surface area contributed by atoms with E-state index in [1.54, 1.807) is 18.2 Å². The lowest BCUT2D eigenvalue weighted by atomic mass is 10.1. The predicted octanol–water partition coefficient (Wildman–Crippen LogP) is 3.32. The van der Waals surface area contributed by atoms with E-state index < -0.39 is 23.2 Å². The first-order chi connectivity index (χ1) is 14.3. The van der Waals surface area contributed by atoms with Gasteiger partial charge in [0.2, 0.25) is 0 Å². The van der Waals surface area contributed by atoms with Crippen molar-refractivity contribution >= 4 is 11.8 Å². The van der Waals surface area contributed by atoms with E-state index >= 15 is 0 Å². The van der Waals surface area contributed by atoms with Crippen molar-refractivity contribution in [3.05, 3.63) is 59.2 Å². The van der Waals surface area contributed by atoms with E-state index in [2.05, 4.69) is 0 Å². The number of halogens is 3. The molecule has 0 unspecified atom stereocenters. The van der Waals surface area contributed by atoms with Crippen molar-refractivity contribution < 1.29 is 32.2 Å². The second kappa shape index (κ2) is 8.64. The van der Waals surface area contributed by atoms with Crippen LogP contribution in [0.4, 0.5) is 13.2 Å². The van der Waals surface area contributed by atoms with E-state index in [9.17, 15) is 22.8 Å². The number of hydrogen-bond acceptors (Lipinski definition) is 4. The summed E-state index contributed by atoms with van der Waals surface area (Å²) in [4.78, 5) is 28.6. The first-order valence-electron chi connectivity index (χ1n) is 9.23. The van der Waals surface area contributed by atoms with E-state index in [1.165, 1.54) is 42.2 Å². The van der Waals surface area contributed by atoms with Crippen molar-refractivity contribution in [2.75, 3.05) is 40.4 Å². The Balaban J connectivity index is 1.75. The molecule has 30 heavy (non-hydrogen) atoms. The molecule has 160 valence electrons. The number of amides is 2. The van der Waals surface area contributed by atoms with Crippen LogP contribution in [0.3, 0.4) is 0 Å². The van der Waals surface area contributed by atoms with Crippen LogP contribution in [0.1, 0.15) is 26.3 Å². The van der Waals surface area contributed by atoms with Gasteiger partial charge in [-0.15, -0.1) is 0 Å². The number of carbonyl (C=O) groups is 2. The minimum atomic E-state index is -4.62. The molecule has 2 aromatic rings. The number of hydrogen-bond donors (Lipinski definition) is 0. The van der Waals surface area contributed by atoms with Crippen LogP contribution < -0.4 is 9.47 Å². The molecule has 3 rings (SSSR count). The topological polar surface area (TPSA) is 59.1 Å². The monoisotopic (exact) mass is 422 g/mol. The van der Waals surface area contributed by atoms with E-state index in [4.69, 9.17) is 9.47 Å². The van der Waals surface area contributed by atoms with Crippen LogP contribution in [0.25, 0.3) is 0 Å². The van der Waals surface area contributed by atoms with Crippen molar-refractivity contribution in [3.63, 3.8) is 0 Å². The molecule has 2 amide bonds. The van der Waals surface area contributed by atoms with E-state index in [0.717, 1.165) is 6.07 Å². The zero-order chi connectivity index (χ0) is 21.9. The van der Waals surface area contributed by atoms with Crippen LogP contribution >= 0.6 is 0 Å². The number of alkyl halides is 3. The fourth-order valence-corrected chi connectivity index (χ4v) is 3.42. The van der Waals surface area contributed by atoms with Crippen LogP contribution in [-0.2, 0) is 6.18 Å². The fourth-order valence-electron chi connectivity index (χ4n) is 3.42. The minimum absolute atomic E-state index is 0.119. The summed E-state index contributed by atoms with van der Waals surface area (Å²) in [5.41, 5.74) is -1.09. The lowest BCUT2D eigenvalue weighted by molar-refractivity contribution is -0.138. The summed E-state index contributed by atoms with van der Waals surface area (Å²) >= 11 is 0. The van der Waals surface area contributed by atoms with Gasteiger partial charge in [0, 0.05) is 26.2 Å². The van der Waals surface area contributed by atoms with Gasteiger partial charge in [0.05, 0.1) is 25.3 Å². The molecule has 2 aromatic carbocycles. The molecule has 0 atom stereocenters. The largest absolute Gasteiger partial charge is 0.496 e. The molecule has 0 aliphatic carbocycles. The summed E-state index contributed by atoms with van der Waals surface area (Å²) in [6.45, 7) is 0.600. The average Bonchev–Trinajstić information content (AvgIpc) is 2.77. The number of rotatable bonds is 4. The Hall–Kier alpha value is -3.23. The molecular weight excluding hydrogens is 401 g/mol. The normalized spacial score (nSPS) is 14.4. The lowest BCUT2D eigenvalue weighted by Crippen LogP contribution is -2.51. The van der Waals surface area contributed by atoms with Crippen molar-refractivity contribution in [1.82, 2.24) is 9.80 Å². The predicted molar refractivity (Wildman–Crippen MR) is 103 cm³/mol. The lowest BCUT2D eigenvalue weighted by Gasteiger charge is -2.35. The minimum Gasteiger partial charge on any atom is -0.496 e. The van der Waals surface area contributed by atoms with Gasteiger partial charge in [-0.2, -0.15) is 13.2 Å². The Morgan fingerprint density at radius 2 is 1.30 bits per heavy atom. The number of piperazine rings is 1. The highest BCUT2D eigenvalue weighted by Gasteiger charge is 2.37. The van der Waals surface area contributed by atoms with Gasteiger partial charge >= 0.3 is 6.18 Å². The first kappa shape index (κ1) is 21.5. The van der Waals surface area contributed by atoms with Gasteiger partial charge < -0.3 is 19.3 Å². The van der Waals surface area contributed by atoms with Crippen molar-refractivity contribution in [1.29, 1.82) is 0 Å². The van der Waals surface area contributed by atoms with Crippen LogP contribution in [0.2, 0.25) is 0 Å². The van der Waals surface area contributed by atoms with Gasteiger partial charge in [0.1, 0.15) is 17.1 Å². The summed E-state index contributed by atoms with van der Waals surface area (Å²) in [5, 5.41) is 0. The molecular formula is C21H21F3N2O4. The van der Waals surface area contributed by atoms with Crippen molar-refractivity contribution in [2.45, 2.75) is 6.18 Å². The molecule has 0 bridgehead atoms. The summed E-state index contributed by atoms with van der Waals surface area (Å²) in [7, 11) is 2.89. The van der Waals surface area contributed by atoms with Crippen LogP contribution in [0.15, 0.2) is 42.5 Å². The smallest absolute Gasteiger partial charge is 0.417 e. The average molecular weight is 422 g/mol. The van der Waals surface area contributed by atoms with Crippen LogP contribution in [0, 0.1) is 0 Å². The second-order valence-corrected chi connectivity index (χ2v) is 6.67. The Morgan fingerprint density at radius 3 is 1.80 bits per heavy atom. The molecule has 0 saturated carbocycles. The molecule has 0 aromatic heterocycles. The maximum absolute atomic E-state index is 13.2. The SMILES string of the molecule is COc1cccc(OC)c1C(=O)N1CCN(C(=O)c2ccccc2C(F)(F)F)CC1. The summed E-state index contributed by atoms with van der Waals surface area (Å²) in [6, 6.07) is 9.69. The number of benzene rings is 2. The van der Waals surface area contributed by atoms with Crippen molar-refractivity contribution in [3.8, 4) is 11.5 Å². The quantitative estimate of drug-likeness (QED) is 0.759. The maximum Gasteiger partial charge on any atom is 0.417 e. The highest BCUT2D eigenvalue weighted by atomic mass is 19.4. The molecule has 9 heteroatoms. The van der Waals surface area contributed by atoms with E-state index in [0.29, 0.717) is 11.5 Å². The van der Waals surface area contributed by atoms with E-state index in [1.807, 2.05) is 0 Å². The van der Waals surface area contributed by atoms with Gasteiger partial charge in [0.25, 0.3) is 11.8 Å². The van der Waals surface area contributed by atoms with Gasteiger partial charge in [0.15, 0.2) is 0 Å². The highest BCUT2D eigenvalue weighted by molar-refractivity contribution is 6.00. The van der Waals surface area contributed by atoms with E-state index in [-0.39, 0.29) is 37.6 Å². The summed E-state index contributed by atoms with van der Waals surface area (Å²) < 4.78 is 50.2. The molecule has 1 aliphatic rings. The van der Waals surface area contributed by atoms with Crippen LogP contribution in [0.5, 0.6) is 11.5 Å². The molecule has 0 spiro atoms. The Kier molecular flexibility index (Phi) is 6.19. The number of methoxy groups -OCH3 is 2. The Morgan fingerprint density at radius 1 is 0.800 bits per heavy atom. The van der Waals surface area contributed by atoms with Crippen LogP contribution in [-0.4, -0.2) is 62.0 Å². The zero-order valence-electron chi connectivity index (χ0n) is 16.5. The maximum atomic E-state index is 13.2. The molecule has 1 aliphatic heterocycles. The zero-order valence-corrected chi connectivity index (χ0v) is 16.5. The Labute approximate surface area is 171 Å². The number of carbonyl (C=O) groups excluding carboxylic acids is 2. The second-order valence-electron chi connectivity index (χ2n) is 6.67. The number of ether oxygens (including phenoxy) is 2. The third kappa shape index (κ3) is 4.19.